The maximum atomic E-state index is 16.4. The van der Waals surface area contributed by atoms with Gasteiger partial charge in [0.2, 0.25) is 11.8 Å². The molecule has 0 bridgehead atoms. The Morgan fingerprint density at radius 2 is 1.53 bits per heavy atom. The number of nitrogens with one attached hydrogen (secondary N) is 1. The summed E-state index contributed by atoms with van der Waals surface area (Å²) in [7, 11) is 2.24. The number of cyclic esters (lactones) is 1. The number of carbonyl (C=O) groups excluding carboxylic acids is 6. The quantitative estimate of drug-likeness (QED) is 0.0234. The third-order valence-electron chi connectivity index (χ3n) is 12.9. The summed E-state index contributed by atoms with van der Waals surface area (Å²) in [6, 6.07) is 30.9. The van der Waals surface area contributed by atoms with E-state index in [-0.39, 0.29) is 48.7 Å². The predicted octanol–water partition coefficient (Wildman–Crippen LogP) is 5.97. The Labute approximate surface area is 413 Å². The van der Waals surface area contributed by atoms with Gasteiger partial charge in [0.1, 0.15) is 36.5 Å². The Kier molecular flexibility index (Phi) is 14.9. The Morgan fingerprint density at radius 3 is 2.14 bits per heavy atom. The van der Waals surface area contributed by atoms with Gasteiger partial charge < -0.3 is 34.1 Å². The highest BCUT2D eigenvalue weighted by Gasteiger charge is 2.75. The molecule has 18 nitrogen and oxygen atoms in total. The normalized spacial score (nSPS) is 20.8. The van der Waals surface area contributed by atoms with E-state index in [0.29, 0.717) is 28.0 Å². The number of anilines is 1. The fourth-order valence-corrected chi connectivity index (χ4v) is 9.88. The lowest BCUT2D eigenvalue weighted by Crippen LogP contribution is -2.55. The van der Waals surface area contributed by atoms with Gasteiger partial charge in [0, 0.05) is 30.7 Å². The Hall–Kier alpha value is -8.66. The first-order valence-electron chi connectivity index (χ1n) is 22.7. The fourth-order valence-electron chi connectivity index (χ4n) is 9.88. The molecule has 0 radical (unpaired) electrons. The second kappa shape index (κ2) is 21.5. The van der Waals surface area contributed by atoms with Crippen LogP contribution in [0, 0.1) is 33.8 Å². The second-order valence-electron chi connectivity index (χ2n) is 16.9. The van der Waals surface area contributed by atoms with Crippen molar-refractivity contribution in [3.8, 4) is 17.6 Å². The lowest BCUT2D eigenvalue weighted by atomic mass is 9.65. The molecule has 3 aliphatic heterocycles. The van der Waals surface area contributed by atoms with Gasteiger partial charge in [-0.15, -0.1) is 6.58 Å². The zero-order chi connectivity index (χ0) is 51.1. The molecule has 0 aliphatic carbocycles. The topological polar surface area (TPSA) is 230 Å². The van der Waals surface area contributed by atoms with Crippen molar-refractivity contribution in [3.63, 3.8) is 0 Å². The zero-order valence-electron chi connectivity index (χ0n) is 39.0. The number of hydrogen-bond acceptors (Lipinski definition) is 15. The van der Waals surface area contributed by atoms with Crippen molar-refractivity contribution in [1.29, 1.82) is 0 Å². The molecule has 2 fully saturated rings. The van der Waals surface area contributed by atoms with Gasteiger partial charge in [-0.2, -0.15) is 0 Å². The number of aliphatic hydroxyl groups excluding tert-OH is 1. The molecule has 0 saturated carbocycles. The zero-order valence-corrected chi connectivity index (χ0v) is 39.0. The lowest BCUT2D eigenvalue weighted by molar-refractivity contribution is -0.384. The first-order chi connectivity index (χ1) is 34.9. The van der Waals surface area contributed by atoms with Crippen LogP contribution >= 0.6 is 0 Å². The van der Waals surface area contributed by atoms with E-state index in [4.69, 9.17) is 23.7 Å². The van der Waals surface area contributed by atoms with E-state index in [1.807, 2.05) is 53.4 Å². The fraction of sp³-hybridized carbons (Fsp3) is 0.259. The van der Waals surface area contributed by atoms with Gasteiger partial charge in [-0.3, -0.25) is 39.0 Å². The van der Waals surface area contributed by atoms with E-state index in [9.17, 15) is 29.6 Å². The molecule has 18 heteroatoms. The van der Waals surface area contributed by atoms with Crippen LogP contribution in [-0.2, 0) is 54.9 Å². The number of amides is 3. The molecule has 8 rings (SSSR count). The molecule has 5 aromatic rings. The molecule has 3 aliphatic rings. The minimum absolute atomic E-state index is 0.0141. The third-order valence-corrected chi connectivity index (χ3v) is 12.9. The van der Waals surface area contributed by atoms with Crippen molar-refractivity contribution in [2.75, 3.05) is 38.9 Å². The molecule has 72 heavy (non-hydrogen) atoms. The number of esters is 3. The average molecular weight is 977 g/mol. The highest BCUT2D eigenvalue weighted by Crippen LogP contribution is 2.66. The largest absolute Gasteiger partial charge is 0.491 e. The van der Waals surface area contributed by atoms with Crippen LogP contribution in [0.5, 0.6) is 5.75 Å². The van der Waals surface area contributed by atoms with Crippen molar-refractivity contribution in [2.45, 2.75) is 42.7 Å². The summed E-state index contributed by atoms with van der Waals surface area (Å²) in [5, 5.41) is 23.8. The van der Waals surface area contributed by atoms with Crippen LogP contribution < -0.4 is 15.0 Å². The van der Waals surface area contributed by atoms with Crippen molar-refractivity contribution in [3.05, 3.63) is 184 Å². The minimum atomic E-state index is -2.21. The first-order valence-corrected chi connectivity index (χ1v) is 22.7. The SMILES string of the molecule is C=CCNC(=O)[C@@H]1[C@H]2C(=O)O[C@H](c3ccccc3)[C@H](c3ccccc3)N2[C@H](c2ccc(OCCO)cc2)[C@@]12C(=O)N(C(=O)OCc1ccc([N+](=O)[O-])cc1)c1ccc(C#CCC(C(=O)OC)C(=O)OC)cc12. The summed E-state index contributed by atoms with van der Waals surface area (Å²) in [5.41, 5.74) is -0.0494. The molecule has 2 saturated heterocycles. The summed E-state index contributed by atoms with van der Waals surface area (Å²) in [6.45, 7) is 2.96. The smallest absolute Gasteiger partial charge is 0.421 e. The molecule has 6 atom stereocenters. The summed E-state index contributed by atoms with van der Waals surface area (Å²) in [6.07, 6.45) is -1.07. The van der Waals surface area contributed by atoms with E-state index in [0.717, 1.165) is 19.1 Å². The summed E-state index contributed by atoms with van der Waals surface area (Å²) in [4.78, 5) is 100. The number of rotatable bonds is 15. The van der Waals surface area contributed by atoms with Gasteiger partial charge >= 0.3 is 24.0 Å². The lowest BCUT2D eigenvalue weighted by Gasteiger charge is -2.46. The number of methoxy groups -OCH3 is 2. The number of nitro benzene ring substituents is 1. The average Bonchev–Trinajstić information content (AvgIpc) is 3.86. The highest BCUT2D eigenvalue weighted by molar-refractivity contribution is 6.23. The van der Waals surface area contributed by atoms with Gasteiger partial charge in [0.05, 0.1) is 49.4 Å². The Balaban J connectivity index is 1.40. The molecule has 368 valence electrons. The van der Waals surface area contributed by atoms with E-state index in [1.165, 1.54) is 48.5 Å². The number of ether oxygens (including phenoxy) is 5. The van der Waals surface area contributed by atoms with E-state index < -0.39 is 88.8 Å². The molecule has 0 aromatic heterocycles. The van der Waals surface area contributed by atoms with Crippen LogP contribution in [-0.4, -0.2) is 90.8 Å². The molecular formula is C54H48N4O14. The van der Waals surface area contributed by atoms with Crippen molar-refractivity contribution in [2.24, 2.45) is 11.8 Å². The summed E-state index contributed by atoms with van der Waals surface area (Å²) < 4.78 is 27.7. The van der Waals surface area contributed by atoms with Gasteiger partial charge in [0.25, 0.3) is 5.69 Å². The van der Waals surface area contributed by atoms with Crippen LogP contribution in [0.15, 0.2) is 140 Å². The van der Waals surface area contributed by atoms with Crippen LogP contribution in [0.25, 0.3) is 0 Å². The number of hydrogen-bond donors (Lipinski definition) is 2. The van der Waals surface area contributed by atoms with E-state index in [1.54, 1.807) is 36.4 Å². The van der Waals surface area contributed by atoms with Crippen molar-refractivity contribution >= 4 is 47.2 Å². The second-order valence-corrected chi connectivity index (χ2v) is 16.9. The van der Waals surface area contributed by atoms with Gasteiger partial charge in [0.15, 0.2) is 5.92 Å². The monoisotopic (exact) mass is 976 g/mol. The molecule has 2 N–H and O–H groups in total. The third kappa shape index (κ3) is 9.26. The molecule has 3 amide bonds. The van der Waals surface area contributed by atoms with Gasteiger partial charge in [-0.05, 0) is 70.3 Å². The first kappa shape index (κ1) is 49.8. The molecule has 5 aromatic carbocycles. The number of morpholine rings is 1. The number of non-ortho nitro benzene ring substituents is 1. The number of aliphatic hydroxyl groups is 1. The number of nitrogens with zero attached hydrogens (tertiary/aromatic N) is 3. The molecule has 0 unspecified atom stereocenters. The number of carbonyl (C=O) groups is 6. The highest BCUT2D eigenvalue weighted by atomic mass is 16.6. The van der Waals surface area contributed by atoms with Gasteiger partial charge in [-0.1, -0.05) is 90.7 Å². The molecular weight excluding hydrogens is 929 g/mol. The number of benzene rings is 5. The van der Waals surface area contributed by atoms with E-state index >= 15 is 14.4 Å². The predicted molar refractivity (Wildman–Crippen MR) is 256 cm³/mol. The maximum Gasteiger partial charge on any atom is 0.421 e. The molecule has 3 heterocycles. The Bertz CT molecular complexity index is 2940. The number of fused-ring (bicyclic) bond motifs is 3. The standard InChI is InChI=1S/C54H48N4O14/c1-4-28-55-48(60)43-45-51(63)72-46(36-15-9-6-10-16-36)44(35-13-7-5-8-14-35)57(45)47(37-21-25-39(26-22-37)70-30-29-59)54(43)41-31-33(12-11-17-40(49(61)68-2)50(62)69-3)20-27-42(41)56(52(54)64)53(65)71-32-34-18-23-38(24-19-34)58(66)67/h4-10,13-16,18-27,31,40,43-47,59H,1,17,28-30,32H2,2-3H3,(H,55,60)/t43-,44-,45-,46+,47+,54-/m0/s1. The Morgan fingerprint density at radius 1 is 0.875 bits per heavy atom. The van der Waals surface area contributed by atoms with Crippen LogP contribution in [0.3, 0.4) is 0 Å². The van der Waals surface area contributed by atoms with Crippen molar-refractivity contribution in [1.82, 2.24) is 10.2 Å². The number of imide groups is 1. The van der Waals surface area contributed by atoms with Crippen LogP contribution in [0.2, 0.25) is 0 Å². The minimum Gasteiger partial charge on any atom is -0.491 e. The maximum absolute atomic E-state index is 16.4. The van der Waals surface area contributed by atoms with E-state index in [2.05, 4.69) is 23.7 Å². The van der Waals surface area contributed by atoms with Gasteiger partial charge in [-0.25, -0.2) is 9.69 Å². The summed E-state index contributed by atoms with van der Waals surface area (Å²) in [5.74, 6) is -1.17. The van der Waals surface area contributed by atoms with Crippen LogP contribution in [0.1, 0.15) is 58.0 Å². The van der Waals surface area contributed by atoms with Crippen LogP contribution in [0.4, 0.5) is 16.2 Å². The van der Waals surface area contributed by atoms with Crippen molar-refractivity contribution < 1.29 is 62.5 Å². The summed E-state index contributed by atoms with van der Waals surface area (Å²) >= 11 is 0. The molecule has 1 spiro atoms. The number of nitro groups is 1.